The lowest BCUT2D eigenvalue weighted by molar-refractivity contribution is 0.0697. The number of aromatic nitrogens is 2. The minimum absolute atomic E-state index is 0.0515. The van der Waals surface area contributed by atoms with Crippen molar-refractivity contribution in [3.63, 3.8) is 0 Å². The smallest absolute Gasteiger partial charge is 0.337 e. The largest absolute Gasteiger partial charge is 0.478 e. The molecule has 0 aliphatic heterocycles. The fourth-order valence-corrected chi connectivity index (χ4v) is 5.59. The number of sulfonamides is 1. The molecule has 0 saturated carbocycles. The first-order valence-corrected chi connectivity index (χ1v) is 14.5. The number of carbonyl (C=O) groups excluding carboxylic acids is 1. The van der Waals surface area contributed by atoms with Gasteiger partial charge in [-0.3, -0.25) is 4.79 Å². The van der Waals surface area contributed by atoms with Crippen LogP contribution in [-0.2, 0) is 29.5 Å². The van der Waals surface area contributed by atoms with Crippen LogP contribution in [0.3, 0.4) is 0 Å². The number of hydrogen-bond donors (Lipinski definition) is 3. The van der Waals surface area contributed by atoms with E-state index in [1.165, 1.54) is 18.2 Å². The molecule has 0 unspecified atom stereocenters. The van der Waals surface area contributed by atoms with Gasteiger partial charge in [-0.1, -0.05) is 61.3 Å². The number of aryl methyl sites for hydroxylation is 1. The Hall–Kier alpha value is -4.15. The van der Waals surface area contributed by atoms with E-state index >= 15 is 0 Å². The lowest BCUT2D eigenvalue weighted by atomic mass is 10.1. The maximum absolute atomic E-state index is 12.7. The van der Waals surface area contributed by atoms with Crippen molar-refractivity contribution in [2.75, 3.05) is 5.32 Å². The minimum Gasteiger partial charge on any atom is -0.478 e. The number of nitrogens with one attached hydrogen (secondary N) is 2. The van der Waals surface area contributed by atoms with Gasteiger partial charge in [-0.2, -0.15) is 0 Å². The molecule has 40 heavy (non-hydrogen) atoms. The molecule has 4 aromatic rings. The zero-order chi connectivity index (χ0) is 29.6. The van der Waals surface area contributed by atoms with Crippen LogP contribution in [0.25, 0.3) is 0 Å². The molecule has 0 bridgehead atoms. The number of unbranched alkanes of at least 4 members (excludes halogenated alkanes) is 1. The van der Waals surface area contributed by atoms with Gasteiger partial charge in [-0.05, 0) is 48.4 Å². The maximum atomic E-state index is 12.7. The van der Waals surface area contributed by atoms with Crippen LogP contribution in [0.2, 0.25) is 5.02 Å². The summed E-state index contributed by atoms with van der Waals surface area (Å²) in [5.41, 5.74) is 2.55. The Balaban J connectivity index is 1.50. The van der Waals surface area contributed by atoms with E-state index < -0.39 is 21.9 Å². The van der Waals surface area contributed by atoms with Gasteiger partial charge < -0.3 is 15.0 Å². The van der Waals surface area contributed by atoms with E-state index in [0.717, 1.165) is 36.3 Å². The molecule has 0 aliphatic rings. The number of carboxylic acids is 1. The molecule has 3 aromatic carbocycles. The molecule has 0 radical (unpaired) electrons. The Morgan fingerprint density at radius 1 is 1.07 bits per heavy atom. The van der Waals surface area contributed by atoms with Crippen molar-refractivity contribution in [2.45, 2.75) is 44.2 Å². The van der Waals surface area contributed by atoms with Crippen LogP contribution in [0.15, 0.2) is 83.9 Å². The molecule has 11 heteroatoms. The summed E-state index contributed by atoms with van der Waals surface area (Å²) in [7, 11) is -4.24. The molecule has 9 nitrogen and oxygen atoms in total. The number of carbonyl (C=O) groups is 2. The fourth-order valence-electron chi connectivity index (χ4n) is 4.13. The summed E-state index contributed by atoms with van der Waals surface area (Å²) in [6.07, 6.45) is 4.49. The van der Waals surface area contributed by atoms with Crippen molar-refractivity contribution < 1.29 is 24.5 Å². The molecule has 0 spiro atoms. The van der Waals surface area contributed by atoms with Gasteiger partial charge in [0.2, 0.25) is 0 Å². The first kappa shape index (κ1) is 27.4. The van der Waals surface area contributed by atoms with Crippen molar-refractivity contribution in [2.24, 2.45) is 0 Å². The van der Waals surface area contributed by atoms with E-state index in [4.69, 9.17) is 13.0 Å². The topological polar surface area (TPSA) is 130 Å². The number of para-hydroxylation sites is 1. The molecule has 0 atom stereocenters. The van der Waals surface area contributed by atoms with Crippen molar-refractivity contribution in [1.29, 1.82) is 0 Å². The van der Waals surface area contributed by atoms with E-state index in [1.54, 1.807) is 54.7 Å². The fraction of sp³-hybridized carbons (Fsp3) is 0.207. The number of carboxylic acid groups (broad SMARTS) is 1. The van der Waals surface area contributed by atoms with Crippen molar-refractivity contribution in [1.82, 2.24) is 14.3 Å². The average molecular weight is 583 g/mol. The van der Waals surface area contributed by atoms with E-state index in [1.807, 2.05) is 4.72 Å². The summed E-state index contributed by atoms with van der Waals surface area (Å²) in [4.78, 5) is 28.6. The molecule has 0 aliphatic carbocycles. The second-order valence-electron chi connectivity index (χ2n) is 9.05. The number of rotatable bonds is 12. The number of halogens is 1. The summed E-state index contributed by atoms with van der Waals surface area (Å²) in [6, 6.07) is 16.9. The van der Waals surface area contributed by atoms with Crippen LogP contribution in [-0.4, -0.2) is 35.0 Å². The average Bonchev–Trinajstić information content (AvgIpc) is 3.31. The van der Waals surface area contributed by atoms with Crippen LogP contribution in [0.1, 0.15) is 58.9 Å². The highest BCUT2D eigenvalue weighted by Gasteiger charge is 2.21. The van der Waals surface area contributed by atoms with Gasteiger partial charge in [-0.25, -0.2) is 22.9 Å². The predicted molar refractivity (Wildman–Crippen MR) is 153 cm³/mol. The molecule has 1 aromatic heterocycles. The number of imidazole rings is 1. The predicted octanol–water partition coefficient (Wildman–Crippen LogP) is 5.36. The van der Waals surface area contributed by atoms with Crippen LogP contribution < -0.4 is 10.0 Å². The maximum Gasteiger partial charge on any atom is 0.337 e. The summed E-state index contributed by atoms with van der Waals surface area (Å²) >= 11 is 5.98. The van der Waals surface area contributed by atoms with E-state index in [0.29, 0.717) is 18.8 Å². The standard InChI is InChI=1S/C29H29ClN4O5S/c1-2-3-12-27-32-18-22(17-31-25-10-6-4-8-23(25)29(36)37)34(27)19-20-13-15-21(16-14-20)28(35)33-40(38,39)26-11-7-5-9-24(26)30/h4-11,13-16,18,31H,2-3,12,17,19H2,1H3,(H,33,35)(H,36,37)/i5T. The highest BCUT2D eigenvalue weighted by molar-refractivity contribution is 7.90. The number of benzene rings is 3. The third-order valence-electron chi connectivity index (χ3n) is 6.24. The number of nitrogens with zero attached hydrogens (tertiary/aromatic N) is 2. The first-order chi connectivity index (χ1) is 19.6. The van der Waals surface area contributed by atoms with Gasteiger partial charge in [0, 0.05) is 24.2 Å². The molecule has 1 amide bonds. The highest BCUT2D eigenvalue weighted by Crippen LogP contribution is 2.21. The lowest BCUT2D eigenvalue weighted by Gasteiger charge is -2.15. The Kier molecular flexibility index (Phi) is 8.78. The summed E-state index contributed by atoms with van der Waals surface area (Å²) < 4.78 is 37.0. The number of amides is 1. The van der Waals surface area contributed by atoms with E-state index in [2.05, 4.69) is 21.8 Å². The third-order valence-corrected chi connectivity index (χ3v) is 8.06. The highest BCUT2D eigenvalue weighted by atomic mass is 35.5. The molecule has 208 valence electrons. The Morgan fingerprint density at radius 3 is 2.52 bits per heavy atom. The van der Waals surface area contributed by atoms with Crippen LogP contribution in [0.4, 0.5) is 5.69 Å². The van der Waals surface area contributed by atoms with Gasteiger partial charge in [-0.15, -0.1) is 0 Å². The van der Waals surface area contributed by atoms with Crippen LogP contribution in [0.5, 0.6) is 0 Å². The number of aromatic carboxylic acids is 1. The van der Waals surface area contributed by atoms with Crippen molar-refractivity contribution >= 4 is 39.2 Å². The number of hydrogen-bond acceptors (Lipinski definition) is 6. The normalized spacial score (nSPS) is 11.6. The summed E-state index contributed by atoms with van der Waals surface area (Å²) in [5, 5.41) is 12.5. The quantitative estimate of drug-likeness (QED) is 0.205. The summed E-state index contributed by atoms with van der Waals surface area (Å²) in [6.45, 7) is 2.90. The van der Waals surface area contributed by atoms with Gasteiger partial charge in [0.1, 0.15) is 10.7 Å². The molecular weight excluding hydrogens is 552 g/mol. The molecule has 0 fully saturated rings. The second-order valence-corrected chi connectivity index (χ2v) is 11.1. The molecule has 1 heterocycles. The molecule has 3 N–H and O–H groups in total. The SMILES string of the molecule is [3H]c1ccc(S(=O)(=O)NC(=O)c2ccc(Cn3c(CNc4ccccc4C(=O)O)cnc3CCCC)cc2)c(Cl)c1. The van der Waals surface area contributed by atoms with Crippen LogP contribution in [0, 0.1) is 0 Å². The lowest BCUT2D eigenvalue weighted by Crippen LogP contribution is -2.30. The Morgan fingerprint density at radius 2 is 1.82 bits per heavy atom. The first-order valence-electron chi connectivity index (χ1n) is 13.1. The minimum atomic E-state index is -4.24. The van der Waals surface area contributed by atoms with Gasteiger partial charge in [0.25, 0.3) is 15.9 Å². The second kappa shape index (κ2) is 12.8. The Labute approximate surface area is 239 Å². The van der Waals surface area contributed by atoms with Crippen molar-refractivity contribution in [3.8, 4) is 0 Å². The van der Waals surface area contributed by atoms with Gasteiger partial charge in [0.15, 0.2) is 0 Å². The zero-order valence-corrected chi connectivity index (χ0v) is 23.3. The zero-order valence-electron chi connectivity index (χ0n) is 22.7. The van der Waals surface area contributed by atoms with E-state index in [-0.39, 0.29) is 27.1 Å². The van der Waals surface area contributed by atoms with Crippen molar-refractivity contribution in [3.05, 3.63) is 112 Å². The molecule has 0 saturated heterocycles. The van der Waals surface area contributed by atoms with Gasteiger partial charge >= 0.3 is 5.97 Å². The summed E-state index contributed by atoms with van der Waals surface area (Å²) in [5.74, 6) is -0.939. The number of anilines is 1. The van der Waals surface area contributed by atoms with Gasteiger partial charge in [0.05, 0.1) is 30.4 Å². The monoisotopic (exact) mass is 582 g/mol. The molecule has 4 rings (SSSR count). The third kappa shape index (κ3) is 6.88. The Bertz CT molecular complexity index is 1670. The van der Waals surface area contributed by atoms with Crippen LogP contribution >= 0.6 is 11.6 Å². The molecular formula is C29H29ClN4O5S. The van der Waals surface area contributed by atoms with E-state index in [9.17, 15) is 23.1 Å².